The van der Waals surface area contributed by atoms with E-state index in [0.717, 1.165) is 19.4 Å². The molecule has 0 bridgehead atoms. The molecule has 1 unspecified atom stereocenters. The van der Waals surface area contributed by atoms with Gasteiger partial charge < -0.3 is 10.4 Å². The zero-order valence-corrected chi connectivity index (χ0v) is 9.54. The molecule has 0 aromatic heterocycles. The summed E-state index contributed by atoms with van der Waals surface area (Å²) in [6, 6.07) is 0.703. The van der Waals surface area contributed by atoms with Gasteiger partial charge in [-0.3, -0.25) is 0 Å². The fourth-order valence-electron chi connectivity index (χ4n) is 2.22. The molecule has 0 heterocycles. The molecule has 0 spiro atoms. The van der Waals surface area contributed by atoms with E-state index in [-0.39, 0.29) is 6.10 Å². The van der Waals surface area contributed by atoms with Crippen molar-refractivity contribution in [3.63, 3.8) is 0 Å². The Kier molecular flexibility index (Phi) is 4.21. The van der Waals surface area contributed by atoms with Gasteiger partial charge in [0.2, 0.25) is 0 Å². The number of nitrogens with one attached hydrogen (secondary N) is 1. The molecule has 0 aliphatic heterocycles. The van der Waals surface area contributed by atoms with Crippen molar-refractivity contribution in [2.24, 2.45) is 0 Å². The zero-order valence-electron chi connectivity index (χ0n) is 9.54. The molecule has 86 valence electrons. The van der Waals surface area contributed by atoms with Crippen LogP contribution in [0.3, 0.4) is 0 Å². The van der Waals surface area contributed by atoms with Gasteiger partial charge in [-0.1, -0.05) is 18.9 Å². The fraction of sp³-hybridized carbons (Fsp3) is 0.846. The third-order valence-electron chi connectivity index (χ3n) is 3.43. The van der Waals surface area contributed by atoms with Crippen molar-refractivity contribution in [1.29, 1.82) is 0 Å². The van der Waals surface area contributed by atoms with E-state index in [1.807, 2.05) is 0 Å². The van der Waals surface area contributed by atoms with Crippen molar-refractivity contribution in [3.05, 3.63) is 11.6 Å². The van der Waals surface area contributed by atoms with E-state index in [4.69, 9.17) is 0 Å². The SMILES string of the molecule is OC(CNC1CC1)C1=CCCCCCC1. The highest BCUT2D eigenvalue weighted by molar-refractivity contribution is 5.09. The highest BCUT2D eigenvalue weighted by Gasteiger charge is 2.22. The van der Waals surface area contributed by atoms with Gasteiger partial charge in [0.1, 0.15) is 0 Å². The van der Waals surface area contributed by atoms with E-state index < -0.39 is 0 Å². The summed E-state index contributed by atoms with van der Waals surface area (Å²) in [4.78, 5) is 0. The summed E-state index contributed by atoms with van der Waals surface area (Å²) >= 11 is 0. The number of aliphatic hydroxyl groups is 1. The quantitative estimate of drug-likeness (QED) is 0.697. The van der Waals surface area contributed by atoms with Crippen LogP contribution in [0.5, 0.6) is 0 Å². The molecular weight excluding hydrogens is 186 g/mol. The first-order valence-corrected chi connectivity index (χ1v) is 6.46. The summed E-state index contributed by atoms with van der Waals surface area (Å²) in [6.07, 6.45) is 12.2. The molecule has 2 nitrogen and oxygen atoms in total. The van der Waals surface area contributed by atoms with E-state index in [2.05, 4.69) is 11.4 Å². The number of aliphatic hydroxyl groups excluding tert-OH is 1. The summed E-state index contributed by atoms with van der Waals surface area (Å²) in [7, 11) is 0. The average molecular weight is 209 g/mol. The first kappa shape index (κ1) is 11.2. The third-order valence-corrected chi connectivity index (χ3v) is 3.43. The van der Waals surface area contributed by atoms with E-state index in [0.29, 0.717) is 6.04 Å². The van der Waals surface area contributed by atoms with Gasteiger partial charge in [0.25, 0.3) is 0 Å². The van der Waals surface area contributed by atoms with Crippen LogP contribution in [0.4, 0.5) is 0 Å². The van der Waals surface area contributed by atoms with Gasteiger partial charge in [0, 0.05) is 12.6 Å². The van der Waals surface area contributed by atoms with Crippen molar-refractivity contribution in [1.82, 2.24) is 5.32 Å². The Bertz CT molecular complexity index is 221. The molecule has 15 heavy (non-hydrogen) atoms. The Morgan fingerprint density at radius 1 is 1.27 bits per heavy atom. The molecule has 1 saturated carbocycles. The number of hydrogen-bond donors (Lipinski definition) is 2. The van der Waals surface area contributed by atoms with Crippen molar-refractivity contribution in [2.75, 3.05) is 6.54 Å². The monoisotopic (exact) mass is 209 g/mol. The van der Waals surface area contributed by atoms with Crippen LogP contribution in [-0.2, 0) is 0 Å². The average Bonchev–Trinajstić information content (AvgIpc) is 2.97. The van der Waals surface area contributed by atoms with Crippen LogP contribution in [0.15, 0.2) is 11.6 Å². The first-order chi connectivity index (χ1) is 7.36. The molecule has 1 atom stereocenters. The van der Waals surface area contributed by atoms with Crippen molar-refractivity contribution in [2.45, 2.75) is 63.5 Å². The van der Waals surface area contributed by atoms with Crippen LogP contribution in [0, 0.1) is 0 Å². The maximum absolute atomic E-state index is 10.0. The molecule has 0 amide bonds. The minimum absolute atomic E-state index is 0.233. The van der Waals surface area contributed by atoms with Gasteiger partial charge in [-0.15, -0.1) is 0 Å². The minimum atomic E-state index is -0.233. The summed E-state index contributed by atoms with van der Waals surface area (Å²) in [5, 5.41) is 13.4. The van der Waals surface area contributed by atoms with E-state index >= 15 is 0 Å². The lowest BCUT2D eigenvalue weighted by Crippen LogP contribution is -2.29. The van der Waals surface area contributed by atoms with Gasteiger partial charge in [0.15, 0.2) is 0 Å². The number of rotatable bonds is 4. The third kappa shape index (κ3) is 3.96. The largest absolute Gasteiger partial charge is 0.387 e. The van der Waals surface area contributed by atoms with Crippen molar-refractivity contribution in [3.8, 4) is 0 Å². The number of allylic oxidation sites excluding steroid dienone is 1. The van der Waals surface area contributed by atoms with Crippen LogP contribution in [0.1, 0.15) is 51.4 Å². The topological polar surface area (TPSA) is 32.3 Å². The molecule has 2 rings (SSSR count). The molecule has 0 aromatic carbocycles. The van der Waals surface area contributed by atoms with E-state index in [9.17, 15) is 5.11 Å². The van der Waals surface area contributed by atoms with Crippen molar-refractivity contribution >= 4 is 0 Å². The van der Waals surface area contributed by atoms with Crippen LogP contribution < -0.4 is 5.32 Å². The molecule has 0 aromatic rings. The van der Waals surface area contributed by atoms with Gasteiger partial charge in [0.05, 0.1) is 6.10 Å². The van der Waals surface area contributed by atoms with Crippen LogP contribution in [0.25, 0.3) is 0 Å². The molecule has 1 fully saturated rings. The van der Waals surface area contributed by atoms with Gasteiger partial charge in [-0.05, 0) is 44.1 Å². The lowest BCUT2D eigenvalue weighted by Gasteiger charge is -2.17. The summed E-state index contributed by atoms with van der Waals surface area (Å²) < 4.78 is 0. The molecule has 2 aliphatic rings. The molecular formula is C13H23NO. The van der Waals surface area contributed by atoms with Crippen LogP contribution in [-0.4, -0.2) is 23.8 Å². The maximum Gasteiger partial charge on any atom is 0.0874 e. The van der Waals surface area contributed by atoms with Crippen LogP contribution in [0.2, 0.25) is 0 Å². The van der Waals surface area contributed by atoms with E-state index in [1.54, 1.807) is 0 Å². The summed E-state index contributed by atoms with van der Waals surface area (Å²) in [6.45, 7) is 0.760. The molecule has 0 saturated heterocycles. The molecule has 0 radical (unpaired) electrons. The standard InChI is InChI=1S/C13H23NO/c15-13(10-14-12-8-9-12)11-6-4-2-1-3-5-7-11/h6,12-15H,1-5,7-10H2. The van der Waals surface area contributed by atoms with Gasteiger partial charge >= 0.3 is 0 Å². The fourth-order valence-corrected chi connectivity index (χ4v) is 2.22. The smallest absolute Gasteiger partial charge is 0.0874 e. The first-order valence-electron chi connectivity index (χ1n) is 6.46. The van der Waals surface area contributed by atoms with Crippen LogP contribution >= 0.6 is 0 Å². The Labute approximate surface area is 92.8 Å². The van der Waals surface area contributed by atoms with Gasteiger partial charge in [-0.25, -0.2) is 0 Å². The Morgan fingerprint density at radius 2 is 2.07 bits per heavy atom. The zero-order chi connectivity index (χ0) is 10.5. The Balaban J connectivity index is 1.76. The Morgan fingerprint density at radius 3 is 2.87 bits per heavy atom. The second-order valence-corrected chi connectivity index (χ2v) is 4.93. The second-order valence-electron chi connectivity index (χ2n) is 4.93. The summed E-state index contributed by atoms with van der Waals surface area (Å²) in [5.41, 5.74) is 1.28. The predicted octanol–water partition coefficient (Wildman–Crippen LogP) is 2.38. The highest BCUT2D eigenvalue weighted by Crippen LogP contribution is 2.21. The maximum atomic E-state index is 10.0. The molecule has 2 N–H and O–H groups in total. The lowest BCUT2D eigenvalue weighted by molar-refractivity contribution is 0.200. The lowest BCUT2D eigenvalue weighted by atomic mass is 9.96. The minimum Gasteiger partial charge on any atom is -0.387 e. The summed E-state index contributed by atoms with van der Waals surface area (Å²) in [5.74, 6) is 0. The molecule has 2 aliphatic carbocycles. The predicted molar refractivity (Wildman–Crippen MR) is 62.8 cm³/mol. The van der Waals surface area contributed by atoms with E-state index in [1.165, 1.54) is 44.1 Å². The van der Waals surface area contributed by atoms with Gasteiger partial charge in [-0.2, -0.15) is 0 Å². The second kappa shape index (κ2) is 5.66. The Hall–Kier alpha value is -0.340. The normalized spacial score (nSPS) is 25.3. The molecule has 2 heteroatoms. The highest BCUT2D eigenvalue weighted by atomic mass is 16.3. The number of hydrogen-bond acceptors (Lipinski definition) is 2. The van der Waals surface area contributed by atoms with Crippen molar-refractivity contribution < 1.29 is 5.11 Å².